The molecule has 2 aliphatic heterocycles. The first-order chi connectivity index (χ1) is 17.4. The highest BCUT2D eigenvalue weighted by atomic mass is 16.6. The van der Waals surface area contributed by atoms with Gasteiger partial charge in [0, 0.05) is 35.8 Å². The fourth-order valence-corrected chi connectivity index (χ4v) is 4.34. The molecule has 0 atom stereocenters. The number of amides is 2. The molecule has 1 N–H and O–H groups in total. The van der Waals surface area contributed by atoms with Gasteiger partial charge >= 0.3 is 6.09 Å². The molecule has 4 rings (SSSR count). The molecule has 1 saturated heterocycles. The first-order valence-corrected chi connectivity index (χ1v) is 12.0. The number of fused-ring (bicyclic) bond motifs is 3. The monoisotopic (exact) mass is 492 g/mol. The van der Waals surface area contributed by atoms with Gasteiger partial charge in [-0.15, -0.1) is 0 Å². The van der Waals surface area contributed by atoms with Crippen molar-refractivity contribution in [1.29, 1.82) is 0 Å². The average molecular weight is 493 g/mol. The van der Waals surface area contributed by atoms with Gasteiger partial charge in [0.2, 0.25) is 0 Å². The third-order valence-corrected chi connectivity index (χ3v) is 5.99. The van der Waals surface area contributed by atoms with E-state index in [1.165, 1.54) is 0 Å². The Labute approximate surface area is 211 Å². The Kier molecular flexibility index (Phi) is 7.47. The Morgan fingerprint density at radius 2 is 2.06 bits per heavy atom. The summed E-state index contributed by atoms with van der Waals surface area (Å²) >= 11 is 0. The Morgan fingerprint density at radius 1 is 1.25 bits per heavy atom. The minimum atomic E-state index is -0.359. The Balaban J connectivity index is 1.76. The minimum absolute atomic E-state index is 0.196. The topological polar surface area (TPSA) is 94.9 Å². The van der Waals surface area contributed by atoms with E-state index in [0.717, 1.165) is 28.1 Å². The van der Waals surface area contributed by atoms with Gasteiger partial charge in [-0.3, -0.25) is 4.79 Å². The smallest absolute Gasteiger partial charge is 0.409 e. The molecule has 190 valence electrons. The highest BCUT2D eigenvalue weighted by Gasteiger charge is 2.31. The van der Waals surface area contributed by atoms with Crippen molar-refractivity contribution in [3.05, 3.63) is 52.8 Å². The van der Waals surface area contributed by atoms with Crippen molar-refractivity contribution in [2.45, 2.75) is 34.3 Å². The number of rotatable bonds is 8. The number of aromatic nitrogens is 2. The summed E-state index contributed by atoms with van der Waals surface area (Å²) in [5, 5.41) is 7.62. The number of hydrogen-bond acceptors (Lipinski definition) is 6. The molecule has 0 unspecified atom stereocenters. The van der Waals surface area contributed by atoms with Gasteiger partial charge in [-0.05, 0) is 39.8 Å². The molecule has 1 fully saturated rings. The number of hydrogen-bond donors (Lipinski definition) is 1. The molecule has 0 spiro atoms. The van der Waals surface area contributed by atoms with Gasteiger partial charge in [0.15, 0.2) is 5.69 Å². The van der Waals surface area contributed by atoms with Crippen LogP contribution >= 0.6 is 0 Å². The lowest BCUT2D eigenvalue weighted by Crippen LogP contribution is -2.36. The number of methoxy groups -OCH3 is 1. The van der Waals surface area contributed by atoms with Gasteiger partial charge < -0.3 is 24.4 Å². The van der Waals surface area contributed by atoms with E-state index in [2.05, 4.69) is 5.32 Å². The summed E-state index contributed by atoms with van der Waals surface area (Å²) in [5.74, 6) is 1.06. The normalized spacial score (nSPS) is 14.8. The lowest BCUT2D eigenvalue weighted by Gasteiger charge is -2.22. The predicted molar refractivity (Wildman–Crippen MR) is 138 cm³/mol. The van der Waals surface area contributed by atoms with Crippen LogP contribution in [0.1, 0.15) is 49.3 Å². The zero-order valence-corrected chi connectivity index (χ0v) is 21.4. The van der Waals surface area contributed by atoms with Gasteiger partial charge in [0.25, 0.3) is 5.91 Å². The summed E-state index contributed by atoms with van der Waals surface area (Å²) in [5.41, 5.74) is 5.52. The summed E-state index contributed by atoms with van der Waals surface area (Å²) in [6.07, 6.45) is 7.52. The van der Waals surface area contributed by atoms with Gasteiger partial charge in [0.1, 0.15) is 24.7 Å². The number of cyclic esters (lactones) is 1. The average Bonchev–Trinajstić information content (AvgIpc) is 3.45. The van der Waals surface area contributed by atoms with Gasteiger partial charge in [-0.25, -0.2) is 9.48 Å². The summed E-state index contributed by atoms with van der Waals surface area (Å²) in [7, 11) is 1.64. The van der Waals surface area contributed by atoms with Crippen molar-refractivity contribution in [3.8, 4) is 22.8 Å². The molecule has 9 heteroatoms. The SMILES string of the molecule is C/C=C\C(=C/C)n1nc(C(=O)NCCN2CCOC2=O)c2c1-c1cc(C=C(C)C)c(OC)cc1OC2. The molecule has 3 heterocycles. The van der Waals surface area contributed by atoms with Crippen molar-refractivity contribution in [3.63, 3.8) is 0 Å². The third-order valence-electron chi connectivity index (χ3n) is 5.99. The van der Waals surface area contributed by atoms with Crippen LogP contribution in [0.5, 0.6) is 11.5 Å². The zero-order chi connectivity index (χ0) is 25.8. The van der Waals surface area contributed by atoms with Crippen LogP contribution in [0.15, 0.2) is 35.9 Å². The number of nitrogens with one attached hydrogen (secondary N) is 1. The first-order valence-electron chi connectivity index (χ1n) is 12.0. The van der Waals surface area contributed by atoms with E-state index in [-0.39, 0.29) is 18.6 Å². The molecule has 0 bridgehead atoms. The van der Waals surface area contributed by atoms with E-state index in [0.29, 0.717) is 49.0 Å². The number of ether oxygens (including phenoxy) is 3. The molecule has 1 aromatic carbocycles. The quantitative estimate of drug-likeness (QED) is 0.546. The van der Waals surface area contributed by atoms with Crippen molar-refractivity contribution in [2.75, 3.05) is 33.4 Å². The van der Waals surface area contributed by atoms with Crippen molar-refractivity contribution in [1.82, 2.24) is 20.0 Å². The molecule has 1 aromatic heterocycles. The van der Waals surface area contributed by atoms with Crippen LogP contribution in [0, 0.1) is 0 Å². The van der Waals surface area contributed by atoms with Crippen LogP contribution in [0.25, 0.3) is 23.0 Å². The lowest BCUT2D eigenvalue weighted by molar-refractivity contribution is 0.0941. The maximum Gasteiger partial charge on any atom is 0.409 e. The predicted octanol–water partition coefficient (Wildman–Crippen LogP) is 4.49. The fourth-order valence-electron chi connectivity index (χ4n) is 4.34. The van der Waals surface area contributed by atoms with Crippen molar-refractivity contribution in [2.24, 2.45) is 0 Å². The van der Waals surface area contributed by atoms with E-state index in [4.69, 9.17) is 19.3 Å². The van der Waals surface area contributed by atoms with E-state index in [1.54, 1.807) is 16.7 Å². The first kappa shape index (κ1) is 25.1. The number of nitrogens with zero attached hydrogens (tertiary/aromatic N) is 3. The third kappa shape index (κ3) is 4.86. The van der Waals surface area contributed by atoms with Crippen molar-refractivity contribution >= 4 is 23.8 Å². The molecule has 9 nitrogen and oxygen atoms in total. The van der Waals surface area contributed by atoms with E-state index in [1.807, 2.05) is 64.1 Å². The lowest BCUT2D eigenvalue weighted by atomic mass is 9.98. The standard InChI is InChI=1S/C27H32N4O5/c1-6-8-19(7-2)31-25-20-14-18(13-17(3)4)22(34-5)15-23(20)36-16-21(25)24(29-31)26(32)28-9-10-30-11-12-35-27(30)33/h6-8,13-15H,9-12,16H2,1-5H3,(H,28,32)/b8-6-,19-7+. The van der Waals surface area contributed by atoms with E-state index >= 15 is 0 Å². The van der Waals surface area contributed by atoms with Crippen molar-refractivity contribution < 1.29 is 23.8 Å². The molecular weight excluding hydrogens is 460 g/mol. The maximum absolute atomic E-state index is 13.2. The molecule has 2 aliphatic rings. The Morgan fingerprint density at radius 3 is 2.69 bits per heavy atom. The van der Waals surface area contributed by atoms with Crippen LogP contribution < -0.4 is 14.8 Å². The number of allylic oxidation sites excluding steroid dienone is 5. The van der Waals surface area contributed by atoms with E-state index in [9.17, 15) is 9.59 Å². The molecule has 2 amide bonds. The van der Waals surface area contributed by atoms with Crippen LogP contribution in [-0.4, -0.2) is 60.0 Å². The molecular formula is C27H32N4O5. The second-order valence-electron chi connectivity index (χ2n) is 8.76. The van der Waals surface area contributed by atoms with Crippen LogP contribution in [-0.2, 0) is 11.3 Å². The fraction of sp³-hybridized carbons (Fsp3) is 0.370. The second kappa shape index (κ2) is 10.7. The molecule has 0 saturated carbocycles. The minimum Gasteiger partial charge on any atom is -0.496 e. The highest BCUT2D eigenvalue weighted by molar-refractivity contribution is 5.97. The van der Waals surface area contributed by atoms with Crippen LogP contribution in [0.4, 0.5) is 4.79 Å². The Bertz CT molecular complexity index is 1270. The summed E-state index contributed by atoms with van der Waals surface area (Å²) < 4.78 is 18.4. The largest absolute Gasteiger partial charge is 0.496 e. The zero-order valence-electron chi connectivity index (χ0n) is 21.4. The second-order valence-corrected chi connectivity index (χ2v) is 8.76. The molecule has 0 aliphatic carbocycles. The van der Waals surface area contributed by atoms with Crippen LogP contribution in [0.3, 0.4) is 0 Å². The number of benzene rings is 1. The number of carbonyl (C=O) groups excluding carboxylic acids is 2. The summed E-state index contributed by atoms with van der Waals surface area (Å²) in [6, 6.07) is 3.89. The molecule has 0 radical (unpaired) electrons. The number of carbonyl (C=O) groups is 2. The van der Waals surface area contributed by atoms with Gasteiger partial charge in [-0.2, -0.15) is 5.10 Å². The summed E-state index contributed by atoms with van der Waals surface area (Å²) in [6.45, 7) is 9.68. The molecule has 36 heavy (non-hydrogen) atoms. The van der Waals surface area contributed by atoms with Gasteiger partial charge in [-0.1, -0.05) is 23.8 Å². The Hall–Kier alpha value is -4.01. The van der Waals surface area contributed by atoms with E-state index < -0.39 is 0 Å². The highest BCUT2D eigenvalue weighted by Crippen LogP contribution is 2.44. The maximum atomic E-state index is 13.2. The molecule has 2 aromatic rings. The van der Waals surface area contributed by atoms with Crippen LogP contribution in [0.2, 0.25) is 0 Å². The summed E-state index contributed by atoms with van der Waals surface area (Å²) in [4.78, 5) is 26.5. The van der Waals surface area contributed by atoms with Gasteiger partial charge in [0.05, 0.1) is 25.0 Å².